The van der Waals surface area contributed by atoms with Gasteiger partial charge >= 0.3 is 0 Å². The summed E-state index contributed by atoms with van der Waals surface area (Å²) in [6, 6.07) is 15.7. The van der Waals surface area contributed by atoms with Gasteiger partial charge in [0.15, 0.2) is 13.6 Å². The molecule has 0 radical (unpaired) electrons. The summed E-state index contributed by atoms with van der Waals surface area (Å²) in [7, 11) is 3.20. The molecule has 0 spiro atoms. The third-order valence-corrected chi connectivity index (χ3v) is 5.30. The highest BCUT2D eigenvalue weighted by molar-refractivity contribution is 9.10. The van der Waals surface area contributed by atoms with E-state index in [0.29, 0.717) is 0 Å². The number of pyridine rings is 2. The van der Waals surface area contributed by atoms with Gasteiger partial charge in [0.05, 0.1) is 11.0 Å². The second-order valence-electron chi connectivity index (χ2n) is 6.34. The highest BCUT2D eigenvalue weighted by Crippen LogP contribution is 2.24. The van der Waals surface area contributed by atoms with Gasteiger partial charge in [0.2, 0.25) is 0 Å². The molecule has 4 aromatic rings. The molecule has 162 valence electrons. The smallest absolute Gasteiger partial charge is 0.188 e. The third-order valence-electron chi connectivity index (χ3n) is 4.17. The minimum Gasteiger partial charge on any atom is -0.468 e. The monoisotopic (exact) mass is 502 g/mol. The number of rotatable bonds is 7. The molecule has 0 aliphatic rings. The van der Waals surface area contributed by atoms with Gasteiger partial charge in [-0.1, -0.05) is 0 Å². The van der Waals surface area contributed by atoms with E-state index in [-0.39, 0.29) is 13.6 Å². The molecule has 0 saturated heterocycles. The van der Waals surface area contributed by atoms with Gasteiger partial charge < -0.3 is 18.9 Å². The first-order valence-electron chi connectivity index (χ1n) is 9.35. The molecular formula is C23H23BrN2O4S. The van der Waals surface area contributed by atoms with Gasteiger partial charge in [-0.2, -0.15) is 0 Å². The van der Waals surface area contributed by atoms with Crippen LogP contribution in [0.2, 0.25) is 0 Å². The van der Waals surface area contributed by atoms with Crippen LogP contribution in [0.5, 0.6) is 11.5 Å². The number of methoxy groups -OCH3 is 2. The van der Waals surface area contributed by atoms with Crippen molar-refractivity contribution in [3.8, 4) is 11.5 Å². The largest absolute Gasteiger partial charge is 0.468 e. The number of thioether (sulfide) groups is 1. The highest BCUT2D eigenvalue weighted by atomic mass is 79.9. The van der Waals surface area contributed by atoms with Gasteiger partial charge in [-0.05, 0) is 70.7 Å². The van der Waals surface area contributed by atoms with Gasteiger partial charge in [0.1, 0.15) is 11.5 Å². The fraction of sp³-hybridized carbons (Fsp3) is 0.217. The maximum atomic E-state index is 5.38. The summed E-state index contributed by atoms with van der Waals surface area (Å²) < 4.78 is 21.4. The number of halogens is 1. The van der Waals surface area contributed by atoms with E-state index in [1.54, 1.807) is 32.2 Å². The zero-order chi connectivity index (χ0) is 22.1. The van der Waals surface area contributed by atoms with Crippen molar-refractivity contribution in [2.24, 2.45) is 0 Å². The Morgan fingerprint density at radius 1 is 0.774 bits per heavy atom. The number of hydrogen-bond donors (Lipinski definition) is 0. The van der Waals surface area contributed by atoms with Crippen LogP contribution in [-0.2, 0) is 9.47 Å². The van der Waals surface area contributed by atoms with Gasteiger partial charge in [0, 0.05) is 46.8 Å². The fourth-order valence-electron chi connectivity index (χ4n) is 2.72. The van der Waals surface area contributed by atoms with Crippen molar-refractivity contribution < 1.29 is 18.9 Å². The van der Waals surface area contributed by atoms with E-state index in [0.717, 1.165) is 42.7 Å². The zero-order valence-corrected chi connectivity index (χ0v) is 19.9. The number of ether oxygens (including phenoxy) is 4. The van der Waals surface area contributed by atoms with E-state index >= 15 is 0 Å². The van der Waals surface area contributed by atoms with Crippen molar-refractivity contribution in [3.05, 3.63) is 65.4 Å². The number of hydrogen-bond acceptors (Lipinski definition) is 7. The molecule has 0 N–H and O–H groups in total. The van der Waals surface area contributed by atoms with E-state index in [4.69, 9.17) is 18.9 Å². The first-order valence-corrected chi connectivity index (χ1v) is 11.4. The van der Waals surface area contributed by atoms with Gasteiger partial charge in [-0.15, -0.1) is 11.8 Å². The topological polar surface area (TPSA) is 62.7 Å². The molecule has 0 amide bonds. The lowest BCUT2D eigenvalue weighted by Gasteiger charge is -2.06. The molecule has 0 atom stereocenters. The molecule has 0 aliphatic heterocycles. The highest BCUT2D eigenvalue weighted by Gasteiger charge is 2.00. The van der Waals surface area contributed by atoms with Crippen molar-refractivity contribution in [1.29, 1.82) is 0 Å². The molecule has 31 heavy (non-hydrogen) atoms. The molecule has 2 aromatic carbocycles. The minimum atomic E-state index is 0.257. The Hall–Kier alpha value is -2.39. The summed E-state index contributed by atoms with van der Waals surface area (Å²) >= 11 is 5.06. The molecular weight excluding hydrogens is 480 g/mol. The van der Waals surface area contributed by atoms with Crippen LogP contribution in [0.4, 0.5) is 0 Å². The van der Waals surface area contributed by atoms with Crippen LogP contribution < -0.4 is 9.47 Å². The maximum Gasteiger partial charge on any atom is 0.188 e. The van der Waals surface area contributed by atoms with Gasteiger partial charge in [-0.3, -0.25) is 9.97 Å². The van der Waals surface area contributed by atoms with Gasteiger partial charge in [0.25, 0.3) is 0 Å². The van der Waals surface area contributed by atoms with Crippen LogP contribution in [-0.4, -0.2) is 44.0 Å². The number of fused-ring (bicyclic) bond motifs is 2. The van der Waals surface area contributed by atoms with Crippen molar-refractivity contribution in [3.63, 3.8) is 0 Å². The molecule has 0 saturated carbocycles. The molecule has 0 bridgehead atoms. The molecule has 0 aliphatic carbocycles. The lowest BCUT2D eigenvalue weighted by atomic mass is 10.2. The first-order chi connectivity index (χ1) is 15.1. The van der Waals surface area contributed by atoms with Gasteiger partial charge in [-0.25, -0.2) is 0 Å². The Kier molecular flexibility index (Phi) is 8.90. The minimum absolute atomic E-state index is 0.257. The van der Waals surface area contributed by atoms with Crippen molar-refractivity contribution in [2.45, 2.75) is 4.90 Å². The summed E-state index contributed by atoms with van der Waals surface area (Å²) in [5.74, 6) is 1.58. The second kappa shape index (κ2) is 11.9. The predicted molar refractivity (Wildman–Crippen MR) is 128 cm³/mol. The summed E-state index contributed by atoms with van der Waals surface area (Å²) in [6.45, 7) is 0.522. The van der Waals surface area contributed by atoms with E-state index in [9.17, 15) is 0 Å². The van der Waals surface area contributed by atoms with E-state index < -0.39 is 0 Å². The van der Waals surface area contributed by atoms with E-state index in [2.05, 4.69) is 32.0 Å². The molecule has 8 heteroatoms. The first kappa shape index (κ1) is 23.3. The molecule has 0 fully saturated rings. The molecule has 6 nitrogen and oxygen atoms in total. The van der Waals surface area contributed by atoms with Crippen LogP contribution in [0.1, 0.15) is 0 Å². The van der Waals surface area contributed by atoms with Crippen LogP contribution in [0.3, 0.4) is 0 Å². The van der Waals surface area contributed by atoms with Crippen molar-refractivity contribution >= 4 is 49.5 Å². The van der Waals surface area contributed by atoms with Crippen LogP contribution in [0.15, 0.2) is 70.3 Å². The maximum absolute atomic E-state index is 5.38. The summed E-state index contributed by atoms with van der Waals surface area (Å²) in [5.41, 5.74) is 1.92. The van der Waals surface area contributed by atoms with Crippen LogP contribution in [0.25, 0.3) is 21.8 Å². The Morgan fingerprint density at radius 2 is 1.32 bits per heavy atom. The Balaban J connectivity index is 0.000000176. The normalized spacial score (nSPS) is 10.6. The fourth-order valence-corrected chi connectivity index (χ4v) is 3.47. The predicted octanol–water partition coefficient (Wildman–Crippen LogP) is 5.92. The Labute approximate surface area is 194 Å². The quantitative estimate of drug-likeness (QED) is 0.229. The van der Waals surface area contributed by atoms with Crippen LogP contribution in [0, 0.1) is 0 Å². The standard InChI is InChI=1S/C12H13NO2S.C11H10BrNO2/c1-14-8-15-10-3-4-12-9(5-10)6-11(16-2)7-13-12;1-14-7-15-10-2-3-11-8(5-10)4-9(12)6-13-11/h3-7H,8H2,1-2H3;2-6H,7H2,1H3. The second-order valence-corrected chi connectivity index (χ2v) is 8.13. The zero-order valence-electron chi connectivity index (χ0n) is 17.5. The Bertz CT molecular complexity index is 1140. The third kappa shape index (κ3) is 6.80. The average Bonchev–Trinajstić information content (AvgIpc) is 2.81. The summed E-state index contributed by atoms with van der Waals surface area (Å²) in [5, 5.41) is 2.12. The van der Waals surface area contributed by atoms with E-state index in [1.807, 2.05) is 54.9 Å². The average molecular weight is 503 g/mol. The lowest BCUT2D eigenvalue weighted by molar-refractivity contribution is 0.0510. The van der Waals surface area contributed by atoms with Crippen molar-refractivity contribution in [1.82, 2.24) is 9.97 Å². The van der Waals surface area contributed by atoms with E-state index in [1.165, 1.54) is 0 Å². The SMILES string of the molecule is COCOc1ccc2ncc(Br)cc2c1.COCOc1ccc2ncc(SC)cc2c1. The summed E-state index contributed by atoms with van der Waals surface area (Å²) in [4.78, 5) is 9.78. The molecule has 2 aromatic heterocycles. The molecule has 4 rings (SSSR count). The molecule has 2 heterocycles. The summed E-state index contributed by atoms with van der Waals surface area (Å²) in [6.07, 6.45) is 5.69. The molecule has 0 unspecified atom stereocenters. The van der Waals surface area contributed by atoms with Crippen LogP contribution >= 0.6 is 27.7 Å². The Morgan fingerprint density at radius 3 is 1.87 bits per heavy atom. The number of benzene rings is 2. The number of nitrogens with zero attached hydrogens (tertiary/aromatic N) is 2. The lowest BCUT2D eigenvalue weighted by Crippen LogP contribution is -1.98. The number of aromatic nitrogens is 2. The van der Waals surface area contributed by atoms with Crippen molar-refractivity contribution in [2.75, 3.05) is 34.1 Å².